The normalized spacial score (nSPS) is 24.3. The molecule has 0 unspecified atom stereocenters. The zero-order chi connectivity index (χ0) is 11.4. The van der Waals surface area contributed by atoms with E-state index in [2.05, 4.69) is 0 Å². The SMILES string of the molecule is O=C(OC[C@H]1OCC[C@H]1O)c1ccccc1. The Kier molecular flexibility index (Phi) is 3.54. The lowest BCUT2D eigenvalue weighted by atomic mass is 10.2. The van der Waals surface area contributed by atoms with Gasteiger partial charge in [0, 0.05) is 6.61 Å². The second kappa shape index (κ2) is 5.09. The summed E-state index contributed by atoms with van der Waals surface area (Å²) in [5.41, 5.74) is 0.509. The number of carbonyl (C=O) groups excluding carboxylic acids is 1. The predicted molar refractivity (Wildman–Crippen MR) is 57.1 cm³/mol. The van der Waals surface area contributed by atoms with Gasteiger partial charge in [0.15, 0.2) is 0 Å². The molecule has 0 aliphatic carbocycles. The number of carbonyl (C=O) groups is 1. The van der Waals surface area contributed by atoms with Crippen molar-refractivity contribution in [2.75, 3.05) is 13.2 Å². The van der Waals surface area contributed by atoms with Crippen LogP contribution in [0.25, 0.3) is 0 Å². The van der Waals surface area contributed by atoms with Gasteiger partial charge in [-0.3, -0.25) is 0 Å². The molecule has 1 aliphatic rings. The summed E-state index contributed by atoms with van der Waals surface area (Å²) in [6.07, 6.45) is -0.302. The third-order valence-electron chi connectivity index (χ3n) is 2.56. The van der Waals surface area contributed by atoms with Gasteiger partial charge >= 0.3 is 5.97 Å². The van der Waals surface area contributed by atoms with Gasteiger partial charge in [0.1, 0.15) is 12.7 Å². The molecule has 0 spiro atoms. The molecule has 2 atom stereocenters. The molecule has 16 heavy (non-hydrogen) atoms. The molecule has 0 aromatic heterocycles. The summed E-state index contributed by atoms with van der Waals surface area (Å²) in [6.45, 7) is 0.629. The number of aliphatic hydroxyl groups excluding tert-OH is 1. The average molecular weight is 222 g/mol. The fraction of sp³-hybridized carbons (Fsp3) is 0.417. The summed E-state index contributed by atoms with van der Waals surface area (Å²) in [5, 5.41) is 9.46. The van der Waals surface area contributed by atoms with Crippen LogP contribution in [-0.4, -0.2) is 36.5 Å². The van der Waals surface area contributed by atoms with Crippen LogP contribution in [0.1, 0.15) is 16.8 Å². The molecule has 4 nitrogen and oxygen atoms in total. The van der Waals surface area contributed by atoms with Crippen molar-refractivity contribution in [3.8, 4) is 0 Å². The van der Waals surface area contributed by atoms with Gasteiger partial charge in [-0.2, -0.15) is 0 Å². The summed E-state index contributed by atoms with van der Waals surface area (Å²) < 4.78 is 10.3. The summed E-state index contributed by atoms with van der Waals surface area (Å²) in [4.78, 5) is 11.5. The molecular weight excluding hydrogens is 208 g/mol. The van der Waals surface area contributed by atoms with E-state index in [1.54, 1.807) is 24.3 Å². The molecular formula is C12H14O4. The first kappa shape index (κ1) is 11.1. The topological polar surface area (TPSA) is 55.8 Å². The Hall–Kier alpha value is -1.39. The Morgan fingerprint density at radius 1 is 1.44 bits per heavy atom. The molecule has 1 N–H and O–H groups in total. The zero-order valence-electron chi connectivity index (χ0n) is 8.83. The van der Waals surface area contributed by atoms with Crippen molar-refractivity contribution in [3.05, 3.63) is 35.9 Å². The van der Waals surface area contributed by atoms with E-state index in [-0.39, 0.29) is 18.7 Å². The van der Waals surface area contributed by atoms with Gasteiger partial charge in [0.05, 0.1) is 11.7 Å². The van der Waals surface area contributed by atoms with Crippen LogP contribution >= 0.6 is 0 Å². The van der Waals surface area contributed by atoms with Crippen molar-refractivity contribution in [2.45, 2.75) is 18.6 Å². The molecule has 0 radical (unpaired) electrons. The first-order valence-corrected chi connectivity index (χ1v) is 5.29. The number of ether oxygens (including phenoxy) is 2. The quantitative estimate of drug-likeness (QED) is 0.775. The van der Waals surface area contributed by atoms with Crippen molar-refractivity contribution in [2.24, 2.45) is 0 Å². The molecule has 1 aliphatic heterocycles. The van der Waals surface area contributed by atoms with E-state index in [1.807, 2.05) is 6.07 Å². The van der Waals surface area contributed by atoms with Crippen LogP contribution in [0, 0.1) is 0 Å². The van der Waals surface area contributed by atoms with Crippen molar-refractivity contribution in [3.63, 3.8) is 0 Å². The maximum absolute atomic E-state index is 11.5. The number of benzene rings is 1. The van der Waals surface area contributed by atoms with Crippen LogP contribution in [0.4, 0.5) is 0 Å². The highest BCUT2D eigenvalue weighted by Gasteiger charge is 2.27. The van der Waals surface area contributed by atoms with Crippen LogP contribution in [0.3, 0.4) is 0 Å². The van der Waals surface area contributed by atoms with E-state index in [0.717, 1.165) is 0 Å². The molecule has 0 saturated carbocycles. The van der Waals surface area contributed by atoms with Crippen molar-refractivity contribution in [1.82, 2.24) is 0 Å². The van der Waals surface area contributed by atoms with E-state index < -0.39 is 6.10 Å². The van der Waals surface area contributed by atoms with Crippen LogP contribution in [0.15, 0.2) is 30.3 Å². The monoisotopic (exact) mass is 222 g/mol. The molecule has 4 heteroatoms. The smallest absolute Gasteiger partial charge is 0.338 e. The van der Waals surface area contributed by atoms with Gasteiger partial charge in [-0.05, 0) is 18.6 Å². The second-order valence-corrected chi connectivity index (χ2v) is 3.73. The van der Waals surface area contributed by atoms with Gasteiger partial charge in [-0.15, -0.1) is 0 Å². The lowest BCUT2D eigenvalue weighted by Gasteiger charge is -2.13. The molecule has 1 saturated heterocycles. The van der Waals surface area contributed by atoms with Crippen LogP contribution in [-0.2, 0) is 9.47 Å². The van der Waals surface area contributed by atoms with Crippen molar-refractivity contribution >= 4 is 5.97 Å². The second-order valence-electron chi connectivity index (χ2n) is 3.73. The lowest BCUT2D eigenvalue weighted by Crippen LogP contribution is -2.27. The predicted octanol–water partition coefficient (Wildman–Crippen LogP) is 0.993. The van der Waals surface area contributed by atoms with E-state index >= 15 is 0 Å². The third-order valence-corrected chi connectivity index (χ3v) is 2.56. The Morgan fingerprint density at radius 3 is 2.81 bits per heavy atom. The fourth-order valence-corrected chi connectivity index (χ4v) is 1.61. The van der Waals surface area contributed by atoms with Gasteiger partial charge < -0.3 is 14.6 Å². The Labute approximate surface area is 93.8 Å². The molecule has 1 fully saturated rings. The molecule has 86 valence electrons. The first-order valence-electron chi connectivity index (χ1n) is 5.29. The van der Waals surface area contributed by atoms with E-state index in [9.17, 15) is 9.90 Å². The molecule has 0 bridgehead atoms. The minimum absolute atomic E-state index is 0.106. The summed E-state index contributed by atoms with van der Waals surface area (Å²) in [5.74, 6) is -0.386. The minimum Gasteiger partial charge on any atom is -0.459 e. The maximum Gasteiger partial charge on any atom is 0.338 e. The highest BCUT2D eigenvalue weighted by Crippen LogP contribution is 2.14. The Balaban J connectivity index is 1.84. The number of hydrogen-bond acceptors (Lipinski definition) is 4. The summed E-state index contributed by atoms with van der Waals surface area (Å²) in [6, 6.07) is 8.76. The molecule has 1 aromatic carbocycles. The molecule has 0 amide bonds. The molecule has 2 rings (SSSR count). The lowest BCUT2D eigenvalue weighted by molar-refractivity contribution is -0.0143. The number of esters is 1. The minimum atomic E-state index is -0.524. The number of aliphatic hydroxyl groups is 1. The molecule has 1 heterocycles. The summed E-state index contributed by atoms with van der Waals surface area (Å²) in [7, 11) is 0. The van der Waals surface area contributed by atoms with E-state index in [1.165, 1.54) is 0 Å². The van der Waals surface area contributed by atoms with Gasteiger partial charge in [-0.1, -0.05) is 18.2 Å². The van der Waals surface area contributed by atoms with Crippen LogP contribution in [0.2, 0.25) is 0 Å². The number of hydrogen-bond donors (Lipinski definition) is 1. The van der Waals surface area contributed by atoms with Crippen molar-refractivity contribution < 1.29 is 19.4 Å². The highest BCUT2D eigenvalue weighted by atomic mass is 16.6. The standard InChI is InChI=1S/C12H14O4/c13-10-6-7-15-11(10)8-16-12(14)9-4-2-1-3-5-9/h1-5,10-11,13H,6-8H2/t10-,11-/m1/s1. The zero-order valence-corrected chi connectivity index (χ0v) is 8.83. The van der Waals surface area contributed by atoms with E-state index in [0.29, 0.717) is 18.6 Å². The van der Waals surface area contributed by atoms with E-state index in [4.69, 9.17) is 9.47 Å². The molecule has 1 aromatic rings. The largest absolute Gasteiger partial charge is 0.459 e. The van der Waals surface area contributed by atoms with Gasteiger partial charge in [-0.25, -0.2) is 4.79 Å². The Bertz CT molecular complexity index is 349. The van der Waals surface area contributed by atoms with Crippen LogP contribution < -0.4 is 0 Å². The third kappa shape index (κ3) is 2.59. The van der Waals surface area contributed by atoms with Crippen LogP contribution in [0.5, 0.6) is 0 Å². The Morgan fingerprint density at radius 2 is 2.19 bits per heavy atom. The number of rotatable bonds is 3. The first-order chi connectivity index (χ1) is 7.77. The van der Waals surface area contributed by atoms with Gasteiger partial charge in [0.25, 0.3) is 0 Å². The summed E-state index contributed by atoms with van der Waals surface area (Å²) >= 11 is 0. The fourth-order valence-electron chi connectivity index (χ4n) is 1.61. The van der Waals surface area contributed by atoms with Crippen molar-refractivity contribution in [1.29, 1.82) is 0 Å². The maximum atomic E-state index is 11.5. The highest BCUT2D eigenvalue weighted by molar-refractivity contribution is 5.89. The van der Waals surface area contributed by atoms with Gasteiger partial charge in [0.2, 0.25) is 0 Å². The average Bonchev–Trinajstić information content (AvgIpc) is 2.73.